The highest BCUT2D eigenvalue weighted by Crippen LogP contribution is 2.38. The van der Waals surface area contributed by atoms with Crippen LogP contribution in [0.15, 0.2) is 12.1 Å². The van der Waals surface area contributed by atoms with Crippen LogP contribution in [-0.2, 0) is 6.54 Å². The highest BCUT2D eigenvalue weighted by molar-refractivity contribution is 5.83. The summed E-state index contributed by atoms with van der Waals surface area (Å²) in [7, 11) is 1.43. The molecule has 11 nitrogen and oxygen atoms in total. The molecular formula is C21H30N8O3. The van der Waals surface area contributed by atoms with Crippen LogP contribution in [0.1, 0.15) is 51.1 Å². The number of nitrogens with one attached hydrogen (secondary N) is 2. The molecule has 1 aliphatic rings. The number of benzene rings is 1. The first kappa shape index (κ1) is 21.9. The number of phenolic OH excluding ortho intramolecular Hbond substituents is 2. The Labute approximate surface area is 186 Å². The van der Waals surface area contributed by atoms with Crippen LogP contribution in [0.3, 0.4) is 0 Å². The lowest BCUT2D eigenvalue weighted by Crippen LogP contribution is -2.43. The smallest absolute Gasteiger partial charge is 0.227 e. The quantitative estimate of drug-likeness (QED) is 0.344. The Morgan fingerprint density at radius 2 is 1.97 bits per heavy atom. The number of rotatable bonds is 7. The van der Waals surface area contributed by atoms with E-state index in [9.17, 15) is 10.2 Å². The Kier molecular flexibility index (Phi) is 6.17. The summed E-state index contributed by atoms with van der Waals surface area (Å²) in [5, 5.41) is 35.5. The van der Waals surface area contributed by atoms with Gasteiger partial charge in [0.2, 0.25) is 11.7 Å². The van der Waals surface area contributed by atoms with Gasteiger partial charge in [-0.1, -0.05) is 18.1 Å². The zero-order valence-corrected chi connectivity index (χ0v) is 18.5. The Hall–Kier alpha value is -3.34. The van der Waals surface area contributed by atoms with Crippen LogP contribution in [0.5, 0.6) is 17.2 Å². The van der Waals surface area contributed by atoms with Crippen LogP contribution in [0, 0.1) is 0 Å². The summed E-state index contributed by atoms with van der Waals surface area (Å²) in [6.45, 7) is 4.21. The third kappa shape index (κ3) is 4.20. The number of fused-ring (bicyclic) bond motifs is 1. The molecule has 11 heteroatoms. The van der Waals surface area contributed by atoms with Crippen LogP contribution in [0.25, 0.3) is 11.2 Å². The second kappa shape index (κ2) is 9.03. The number of hydrogen-bond acceptors (Lipinski definition) is 10. The molecule has 0 aliphatic heterocycles. The number of nitrogens with zero attached hydrogens (tertiary/aromatic N) is 5. The largest absolute Gasteiger partial charge is 0.504 e. The second-order valence-electron chi connectivity index (χ2n) is 8.37. The van der Waals surface area contributed by atoms with Crippen LogP contribution < -0.4 is 21.1 Å². The van der Waals surface area contributed by atoms with Gasteiger partial charge in [-0.05, 0) is 38.8 Å². The molecule has 4 rings (SSSR count). The van der Waals surface area contributed by atoms with E-state index >= 15 is 0 Å². The van der Waals surface area contributed by atoms with Crippen LogP contribution in [0.4, 0.5) is 11.8 Å². The first-order chi connectivity index (χ1) is 15.4. The van der Waals surface area contributed by atoms with Gasteiger partial charge in [0.05, 0.1) is 13.2 Å². The molecule has 2 atom stereocenters. The minimum atomic E-state index is -0.306. The molecule has 0 spiro atoms. The molecule has 0 saturated heterocycles. The van der Waals surface area contributed by atoms with Gasteiger partial charge in [-0.15, -0.1) is 5.10 Å². The molecule has 32 heavy (non-hydrogen) atoms. The number of phenols is 2. The van der Waals surface area contributed by atoms with Gasteiger partial charge in [-0.3, -0.25) is 0 Å². The average molecular weight is 443 g/mol. The molecule has 6 N–H and O–H groups in total. The molecule has 0 bridgehead atoms. The van der Waals surface area contributed by atoms with Crippen LogP contribution in [-0.4, -0.2) is 54.4 Å². The van der Waals surface area contributed by atoms with E-state index in [1.54, 1.807) is 16.8 Å². The highest BCUT2D eigenvalue weighted by Gasteiger charge is 2.24. The van der Waals surface area contributed by atoms with E-state index in [1.807, 2.05) is 13.8 Å². The van der Waals surface area contributed by atoms with Crippen molar-refractivity contribution >= 4 is 22.9 Å². The number of hydrogen-bond donors (Lipinski definition) is 5. The fourth-order valence-electron chi connectivity index (χ4n) is 3.96. The van der Waals surface area contributed by atoms with Crippen LogP contribution >= 0.6 is 0 Å². The van der Waals surface area contributed by atoms with Crippen molar-refractivity contribution in [2.75, 3.05) is 17.7 Å². The van der Waals surface area contributed by atoms with E-state index in [-0.39, 0.29) is 41.9 Å². The third-order valence-electron chi connectivity index (χ3n) is 5.81. The third-order valence-corrected chi connectivity index (χ3v) is 5.81. The SMILES string of the molecule is COc1ccc(CNc2nc(NC3CCCCC3N)nc3c2nnn3C(C)C)c(O)c1O. The summed E-state index contributed by atoms with van der Waals surface area (Å²) < 4.78 is 6.77. The number of aromatic hydroxyl groups is 2. The number of aromatic nitrogens is 5. The lowest BCUT2D eigenvalue weighted by Gasteiger charge is -2.29. The van der Waals surface area contributed by atoms with Gasteiger partial charge in [0.25, 0.3) is 0 Å². The maximum Gasteiger partial charge on any atom is 0.227 e. The fraction of sp³-hybridized carbons (Fsp3) is 0.524. The first-order valence-corrected chi connectivity index (χ1v) is 10.9. The summed E-state index contributed by atoms with van der Waals surface area (Å²) >= 11 is 0. The molecule has 0 amide bonds. The van der Waals surface area contributed by atoms with Crippen molar-refractivity contribution < 1.29 is 14.9 Å². The van der Waals surface area contributed by atoms with Gasteiger partial charge in [0.1, 0.15) is 0 Å². The van der Waals surface area contributed by atoms with E-state index in [4.69, 9.17) is 10.5 Å². The van der Waals surface area contributed by atoms with Crippen LogP contribution in [0.2, 0.25) is 0 Å². The number of nitrogens with two attached hydrogens (primary N) is 1. The number of methoxy groups -OCH3 is 1. The van der Waals surface area contributed by atoms with Gasteiger partial charge >= 0.3 is 0 Å². The molecular weight excluding hydrogens is 412 g/mol. The number of ether oxygens (including phenoxy) is 1. The summed E-state index contributed by atoms with van der Waals surface area (Å²) in [4.78, 5) is 9.30. The molecule has 0 radical (unpaired) electrons. The minimum absolute atomic E-state index is 0.0480. The Morgan fingerprint density at radius 3 is 2.69 bits per heavy atom. The van der Waals surface area contributed by atoms with Gasteiger partial charge in [0.15, 0.2) is 28.5 Å². The fourth-order valence-corrected chi connectivity index (χ4v) is 3.96. The van der Waals surface area contributed by atoms with Crippen molar-refractivity contribution in [2.24, 2.45) is 5.73 Å². The predicted molar refractivity (Wildman–Crippen MR) is 121 cm³/mol. The second-order valence-corrected chi connectivity index (χ2v) is 8.37. The van der Waals surface area contributed by atoms with Gasteiger partial charge in [0, 0.05) is 24.2 Å². The predicted octanol–water partition coefficient (Wildman–Crippen LogP) is 2.52. The highest BCUT2D eigenvalue weighted by atomic mass is 16.5. The van der Waals surface area contributed by atoms with Crippen molar-refractivity contribution in [3.8, 4) is 17.2 Å². The van der Waals surface area contributed by atoms with Crippen molar-refractivity contribution in [3.63, 3.8) is 0 Å². The molecule has 1 aromatic carbocycles. The van der Waals surface area contributed by atoms with Crippen molar-refractivity contribution in [3.05, 3.63) is 17.7 Å². The molecule has 2 unspecified atom stereocenters. The standard InChI is InChI=1S/C21H30N8O3/c1-11(2)29-20-16(27-28-29)19(23-10-12-8-9-15(32-3)18(31)17(12)30)25-21(26-20)24-14-7-5-4-6-13(14)22/h8-9,11,13-14,30-31H,4-7,10,22H2,1-3H3,(H2,23,24,25,26). The van der Waals surface area contributed by atoms with E-state index in [0.29, 0.717) is 28.5 Å². The van der Waals surface area contributed by atoms with Crippen molar-refractivity contribution in [2.45, 2.75) is 64.2 Å². The lowest BCUT2D eigenvalue weighted by molar-refractivity contribution is 0.349. The lowest BCUT2D eigenvalue weighted by atomic mass is 9.91. The molecule has 1 saturated carbocycles. The molecule has 1 aliphatic carbocycles. The van der Waals surface area contributed by atoms with E-state index in [1.165, 1.54) is 7.11 Å². The number of anilines is 2. The Bertz CT molecular complexity index is 1100. The molecule has 2 aromatic heterocycles. The first-order valence-electron chi connectivity index (χ1n) is 10.9. The van der Waals surface area contributed by atoms with Gasteiger partial charge in [-0.2, -0.15) is 9.97 Å². The molecule has 172 valence electrons. The van der Waals surface area contributed by atoms with Gasteiger partial charge in [-0.25, -0.2) is 4.68 Å². The van der Waals surface area contributed by atoms with E-state index in [2.05, 4.69) is 30.9 Å². The monoisotopic (exact) mass is 442 g/mol. The van der Waals surface area contributed by atoms with Crippen molar-refractivity contribution in [1.29, 1.82) is 0 Å². The Balaban J connectivity index is 1.66. The summed E-state index contributed by atoms with van der Waals surface area (Å²) in [5.74, 6) is 0.571. The minimum Gasteiger partial charge on any atom is -0.504 e. The maximum absolute atomic E-state index is 10.3. The Morgan fingerprint density at radius 1 is 1.19 bits per heavy atom. The van der Waals surface area contributed by atoms with E-state index in [0.717, 1.165) is 25.7 Å². The maximum atomic E-state index is 10.3. The molecule has 1 fully saturated rings. The topological polar surface area (TPSA) is 156 Å². The summed E-state index contributed by atoms with van der Waals surface area (Å²) in [5.41, 5.74) is 7.91. The normalized spacial score (nSPS) is 18.8. The average Bonchev–Trinajstić information content (AvgIpc) is 3.21. The zero-order valence-electron chi connectivity index (χ0n) is 18.5. The van der Waals surface area contributed by atoms with Crippen molar-refractivity contribution in [1.82, 2.24) is 25.0 Å². The van der Waals surface area contributed by atoms with E-state index < -0.39 is 0 Å². The molecule has 2 heterocycles. The summed E-state index contributed by atoms with van der Waals surface area (Å²) in [6.07, 6.45) is 4.18. The van der Waals surface area contributed by atoms with Gasteiger partial charge < -0.3 is 31.3 Å². The zero-order chi connectivity index (χ0) is 22.8. The molecule has 3 aromatic rings. The summed E-state index contributed by atoms with van der Waals surface area (Å²) in [6, 6.07) is 3.47.